The molecule has 1 aliphatic heterocycles. The summed E-state index contributed by atoms with van der Waals surface area (Å²) in [7, 11) is -3.48. The van der Waals surface area contributed by atoms with Crippen molar-refractivity contribution in [3.05, 3.63) is 24.3 Å². The van der Waals surface area contributed by atoms with Crippen LogP contribution in [0.1, 0.15) is 44.9 Å². The van der Waals surface area contributed by atoms with Gasteiger partial charge in [-0.3, -0.25) is 9.59 Å². The van der Waals surface area contributed by atoms with E-state index in [1.165, 1.54) is 16.4 Å². The molecular weight excluding hydrogens is 356 g/mol. The highest BCUT2D eigenvalue weighted by Gasteiger charge is 2.43. The molecule has 2 N–H and O–H groups in total. The second-order valence-electron chi connectivity index (χ2n) is 7.15. The number of nitrogens with one attached hydrogen (secondary N) is 1. The van der Waals surface area contributed by atoms with Gasteiger partial charge in [0.05, 0.1) is 10.3 Å². The number of aliphatic carboxylic acids is 1. The highest BCUT2D eigenvalue weighted by Crippen LogP contribution is 2.41. The third kappa shape index (κ3) is 3.76. The van der Waals surface area contributed by atoms with Gasteiger partial charge in [0.15, 0.2) is 0 Å². The van der Waals surface area contributed by atoms with Crippen LogP contribution >= 0.6 is 0 Å². The summed E-state index contributed by atoms with van der Waals surface area (Å²) in [6.45, 7) is 1.08. The van der Waals surface area contributed by atoms with Gasteiger partial charge in [-0.25, -0.2) is 8.42 Å². The van der Waals surface area contributed by atoms with Crippen LogP contribution in [0.25, 0.3) is 0 Å². The molecule has 1 aromatic carbocycles. The number of rotatable bonds is 6. The monoisotopic (exact) mass is 380 g/mol. The van der Waals surface area contributed by atoms with Crippen molar-refractivity contribution in [2.75, 3.05) is 18.4 Å². The Labute approximate surface area is 153 Å². The van der Waals surface area contributed by atoms with Crippen LogP contribution in [0.2, 0.25) is 0 Å². The van der Waals surface area contributed by atoms with Gasteiger partial charge in [0, 0.05) is 25.2 Å². The first-order valence-electron chi connectivity index (χ1n) is 8.97. The van der Waals surface area contributed by atoms with Crippen molar-refractivity contribution in [1.29, 1.82) is 0 Å². The fourth-order valence-corrected chi connectivity index (χ4v) is 5.34. The molecule has 2 aliphatic rings. The third-order valence-electron chi connectivity index (χ3n) is 5.35. The number of carboxylic acids is 1. The van der Waals surface area contributed by atoms with Gasteiger partial charge in [-0.05, 0) is 49.9 Å². The summed E-state index contributed by atoms with van der Waals surface area (Å²) in [5.41, 5.74) is -0.503. The molecule has 1 heterocycles. The second kappa shape index (κ2) is 7.36. The highest BCUT2D eigenvalue weighted by atomic mass is 32.2. The Hall–Kier alpha value is -1.93. The SMILES string of the molecule is O=C(CC1(C(=O)O)CCCC1)Nc1ccc(S(=O)(=O)N2CCCC2)cc1. The molecule has 1 amide bonds. The van der Waals surface area contributed by atoms with Gasteiger partial charge in [-0.1, -0.05) is 12.8 Å². The van der Waals surface area contributed by atoms with Crippen LogP contribution in [0.3, 0.4) is 0 Å². The standard InChI is InChI=1S/C18H24N2O5S/c21-16(13-18(17(22)23)9-1-2-10-18)19-14-5-7-15(8-6-14)26(24,25)20-11-3-4-12-20/h5-8H,1-4,9-13H2,(H,19,21)(H,22,23). The first-order chi connectivity index (χ1) is 12.3. The molecule has 26 heavy (non-hydrogen) atoms. The van der Waals surface area contributed by atoms with Crippen LogP contribution in [0.15, 0.2) is 29.2 Å². The molecule has 0 radical (unpaired) electrons. The number of carboxylic acid groups (broad SMARTS) is 1. The summed E-state index contributed by atoms with van der Waals surface area (Å²) < 4.78 is 26.4. The van der Waals surface area contributed by atoms with Crippen molar-refractivity contribution in [2.24, 2.45) is 5.41 Å². The van der Waals surface area contributed by atoms with Crippen LogP contribution in [-0.2, 0) is 19.6 Å². The molecule has 3 rings (SSSR count). The average Bonchev–Trinajstić information content (AvgIpc) is 3.28. The Balaban J connectivity index is 1.65. The zero-order valence-electron chi connectivity index (χ0n) is 14.6. The maximum atomic E-state index is 12.5. The van der Waals surface area contributed by atoms with E-state index in [-0.39, 0.29) is 17.2 Å². The largest absolute Gasteiger partial charge is 0.481 e. The normalized spacial score (nSPS) is 20.2. The Bertz CT molecular complexity index is 776. The van der Waals surface area contributed by atoms with Gasteiger partial charge in [-0.15, -0.1) is 0 Å². The number of hydrogen-bond acceptors (Lipinski definition) is 4. The fourth-order valence-electron chi connectivity index (χ4n) is 3.82. The molecule has 1 aliphatic carbocycles. The minimum absolute atomic E-state index is 0.0594. The van der Waals surface area contributed by atoms with E-state index in [1.54, 1.807) is 12.1 Å². The molecule has 0 atom stereocenters. The van der Waals surface area contributed by atoms with Gasteiger partial charge in [-0.2, -0.15) is 4.31 Å². The minimum Gasteiger partial charge on any atom is -0.481 e. The summed E-state index contributed by atoms with van der Waals surface area (Å²) in [4.78, 5) is 24.0. The molecule has 2 fully saturated rings. The molecule has 0 unspecified atom stereocenters. The molecule has 0 bridgehead atoms. The number of sulfonamides is 1. The molecule has 142 valence electrons. The lowest BCUT2D eigenvalue weighted by Crippen LogP contribution is -2.32. The number of anilines is 1. The lowest BCUT2D eigenvalue weighted by Gasteiger charge is -2.22. The van der Waals surface area contributed by atoms with Crippen LogP contribution in [-0.4, -0.2) is 42.8 Å². The quantitative estimate of drug-likeness (QED) is 0.789. The summed E-state index contributed by atoms with van der Waals surface area (Å²) >= 11 is 0. The molecule has 0 spiro atoms. The zero-order chi connectivity index (χ0) is 18.8. The summed E-state index contributed by atoms with van der Waals surface area (Å²) in [5.74, 6) is -1.28. The Kier molecular flexibility index (Phi) is 5.34. The first-order valence-corrected chi connectivity index (χ1v) is 10.4. The van der Waals surface area contributed by atoms with Crippen molar-refractivity contribution in [3.63, 3.8) is 0 Å². The Morgan fingerprint density at radius 1 is 1.04 bits per heavy atom. The Morgan fingerprint density at radius 3 is 2.15 bits per heavy atom. The van der Waals surface area contributed by atoms with E-state index >= 15 is 0 Å². The van der Waals surface area contributed by atoms with E-state index in [1.807, 2.05) is 0 Å². The van der Waals surface area contributed by atoms with E-state index < -0.39 is 21.4 Å². The number of amides is 1. The van der Waals surface area contributed by atoms with E-state index in [9.17, 15) is 23.1 Å². The maximum absolute atomic E-state index is 12.5. The van der Waals surface area contributed by atoms with Crippen LogP contribution in [0.5, 0.6) is 0 Å². The van der Waals surface area contributed by atoms with Crippen molar-refractivity contribution < 1.29 is 23.1 Å². The van der Waals surface area contributed by atoms with Crippen LogP contribution in [0, 0.1) is 5.41 Å². The van der Waals surface area contributed by atoms with Gasteiger partial charge in [0.1, 0.15) is 0 Å². The average molecular weight is 380 g/mol. The van der Waals surface area contributed by atoms with Crippen molar-refractivity contribution in [1.82, 2.24) is 4.31 Å². The second-order valence-corrected chi connectivity index (χ2v) is 9.09. The first kappa shape index (κ1) is 18.8. The van der Waals surface area contributed by atoms with Crippen molar-refractivity contribution >= 4 is 27.6 Å². The molecule has 1 aromatic rings. The number of nitrogens with zero attached hydrogens (tertiary/aromatic N) is 1. The zero-order valence-corrected chi connectivity index (χ0v) is 15.4. The van der Waals surface area contributed by atoms with Crippen LogP contribution in [0.4, 0.5) is 5.69 Å². The van der Waals surface area contributed by atoms with Gasteiger partial charge >= 0.3 is 5.97 Å². The number of benzene rings is 1. The van der Waals surface area contributed by atoms with E-state index in [0.29, 0.717) is 31.6 Å². The summed E-state index contributed by atoms with van der Waals surface area (Å²) in [5, 5.41) is 12.1. The maximum Gasteiger partial charge on any atom is 0.310 e. The van der Waals surface area contributed by atoms with Gasteiger partial charge in [0.2, 0.25) is 15.9 Å². The molecular formula is C18H24N2O5S. The summed E-state index contributed by atoms with van der Waals surface area (Å²) in [6.07, 6.45) is 4.37. The molecule has 1 saturated heterocycles. The van der Waals surface area contributed by atoms with E-state index in [2.05, 4.69) is 5.32 Å². The Morgan fingerprint density at radius 2 is 1.62 bits per heavy atom. The highest BCUT2D eigenvalue weighted by molar-refractivity contribution is 7.89. The third-order valence-corrected chi connectivity index (χ3v) is 7.27. The lowest BCUT2D eigenvalue weighted by atomic mass is 9.82. The van der Waals surface area contributed by atoms with Crippen molar-refractivity contribution in [2.45, 2.75) is 49.8 Å². The summed E-state index contributed by atoms with van der Waals surface area (Å²) in [6, 6.07) is 6.05. The van der Waals surface area contributed by atoms with Gasteiger partial charge < -0.3 is 10.4 Å². The van der Waals surface area contributed by atoms with Gasteiger partial charge in [0.25, 0.3) is 0 Å². The molecule has 7 nitrogen and oxygen atoms in total. The molecule has 0 aromatic heterocycles. The number of carbonyl (C=O) groups is 2. The lowest BCUT2D eigenvalue weighted by molar-refractivity contribution is -0.150. The molecule has 1 saturated carbocycles. The topological polar surface area (TPSA) is 104 Å². The predicted molar refractivity (Wildman–Crippen MR) is 96.2 cm³/mol. The minimum atomic E-state index is -3.48. The van der Waals surface area contributed by atoms with E-state index in [4.69, 9.17) is 0 Å². The molecule has 8 heteroatoms. The predicted octanol–water partition coefficient (Wildman–Crippen LogP) is 2.44. The van der Waals surface area contributed by atoms with E-state index in [0.717, 1.165) is 25.7 Å². The number of carbonyl (C=O) groups excluding carboxylic acids is 1. The smallest absolute Gasteiger partial charge is 0.310 e. The van der Waals surface area contributed by atoms with Crippen molar-refractivity contribution in [3.8, 4) is 0 Å². The van der Waals surface area contributed by atoms with Crippen LogP contribution < -0.4 is 5.32 Å². The fraction of sp³-hybridized carbons (Fsp3) is 0.556. The number of hydrogen-bond donors (Lipinski definition) is 2.